The number of anilines is 1. The van der Waals surface area contributed by atoms with Crippen molar-refractivity contribution in [2.75, 3.05) is 18.5 Å². The van der Waals surface area contributed by atoms with E-state index in [-0.39, 0.29) is 6.61 Å². The zero-order chi connectivity index (χ0) is 10.4. The number of rotatable bonds is 5. The largest absolute Gasteiger partial charge is 0.392 e. The summed E-state index contributed by atoms with van der Waals surface area (Å²) >= 11 is 0. The number of aliphatic hydroxyl groups excluding tert-OH is 1. The van der Waals surface area contributed by atoms with E-state index >= 15 is 0 Å². The molecule has 0 heterocycles. The average molecular weight is 193 g/mol. The summed E-state index contributed by atoms with van der Waals surface area (Å²) in [6, 6.07) is 8.05. The predicted molar refractivity (Wildman–Crippen MR) is 60.5 cm³/mol. The first kappa shape index (κ1) is 11.1. The van der Waals surface area contributed by atoms with Gasteiger partial charge in [-0.15, -0.1) is 0 Å². The van der Waals surface area contributed by atoms with E-state index in [0.717, 1.165) is 12.1 Å². The van der Waals surface area contributed by atoms with Gasteiger partial charge in [-0.25, -0.2) is 0 Å². The second-order valence-corrected chi connectivity index (χ2v) is 3.60. The van der Waals surface area contributed by atoms with E-state index in [1.807, 2.05) is 12.1 Å². The second kappa shape index (κ2) is 5.66. The van der Waals surface area contributed by atoms with Crippen LogP contribution >= 0.6 is 0 Å². The summed E-state index contributed by atoms with van der Waals surface area (Å²) in [4.78, 5) is 2.24. The van der Waals surface area contributed by atoms with E-state index in [0.29, 0.717) is 0 Å². The maximum absolute atomic E-state index is 8.89. The number of nitrogens with zero attached hydrogens (tertiary/aromatic N) is 1. The first-order valence-electron chi connectivity index (χ1n) is 5.19. The van der Waals surface area contributed by atoms with Gasteiger partial charge in [0, 0.05) is 19.3 Å². The topological polar surface area (TPSA) is 23.5 Å². The Hall–Kier alpha value is -1.02. The Morgan fingerprint density at radius 1 is 1.21 bits per heavy atom. The Morgan fingerprint density at radius 3 is 2.36 bits per heavy atom. The van der Waals surface area contributed by atoms with Gasteiger partial charge in [0.1, 0.15) is 0 Å². The molecule has 0 atom stereocenters. The number of hydrogen-bond acceptors (Lipinski definition) is 2. The zero-order valence-corrected chi connectivity index (χ0v) is 9.03. The van der Waals surface area contributed by atoms with Crippen molar-refractivity contribution in [2.45, 2.75) is 26.4 Å². The van der Waals surface area contributed by atoms with Crippen LogP contribution in [-0.2, 0) is 6.61 Å². The van der Waals surface area contributed by atoms with E-state index in [9.17, 15) is 0 Å². The lowest BCUT2D eigenvalue weighted by molar-refractivity contribution is 0.282. The minimum Gasteiger partial charge on any atom is -0.392 e. The molecule has 0 amide bonds. The molecule has 0 saturated carbocycles. The maximum Gasteiger partial charge on any atom is 0.0681 e. The standard InChI is InChI=1S/C12H19NO/c1-3-4-9-13(2)12-7-5-11(10-14)6-8-12/h5-8,14H,3-4,9-10H2,1-2H3. The number of benzene rings is 1. The Labute approximate surface area is 86.2 Å². The summed E-state index contributed by atoms with van der Waals surface area (Å²) in [5.74, 6) is 0. The Balaban J connectivity index is 2.57. The van der Waals surface area contributed by atoms with E-state index < -0.39 is 0 Å². The quantitative estimate of drug-likeness (QED) is 0.776. The fourth-order valence-electron chi connectivity index (χ4n) is 1.38. The summed E-state index contributed by atoms with van der Waals surface area (Å²) in [6.45, 7) is 3.41. The van der Waals surface area contributed by atoms with Gasteiger partial charge in [-0.2, -0.15) is 0 Å². The Kier molecular flexibility index (Phi) is 4.47. The van der Waals surface area contributed by atoms with Gasteiger partial charge in [0.25, 0.3) is 0 Å². The lowest BCUT2D eigenvalue weighted by Gasteiger charge is -2.18. The van der Waals surface area contributed by atoms with Crippen LogP contribution in [0.2, 0.25) is 0 Å². The van der Waals surface area contributed by atoms with Crippen LogP contribution in [0.3, 0.4) is 0 Å². The van der Waals surface area contributed by atoms with Gasteiger partial charge in [0.15, 0.2) is 0 Å². The summed E-state index contributed by atoms with van der Waals surface area (Å²) in [7, 11) is 2.10. The van der Waals surface area contributed by atoms with E-state index in [1.165, 1.54) is 18.5 Å². The van der Waals surface area contributed by atoms with Crippen molar-refractivity contribution in [3.8, 4) is 0 Å². The first-order valence-corrected chi connectivity index (χ1v) is 5.19. The molecule has 1 aromatic carbocycles. The Morgan fingerprint density at radius 2 is 1.86 bits per heavy atom. The van der Waals surface area contributed by atoms with Crippen molar-refractivity contribution < 1.29 is 5.11 Å². The SMILES string of the molecule is CCCCN(C)c1ccc(CO)cc1. The van der Waals surface area contributed by atoms with E-state index in [2.05, 4.69) is 31.0 Å². The smallest absolute Gasteiger partial charge is 0.0681 e. The first-order chi connectivity index (χ1) is 6.77. The molecule has 0 aliphatic carbocycles. The van der Waals surface area contributed by atoms with Crippen LogP contribution in [0.4, 0.5) is 5.69 Å². The van der Waals surface area contributed by atoms with Gasteiger partial charge in [0.05, 0.1) is 6.61 Å². The minimum absolute atomic E-state index is 0.124. The van der Waals surface area contributed by atoms with Crippen LogP contribution < -0.4 is 4.90 Å². The molecule has 0 bridgehead atoms. The molecule has 0 unspecified atom stereocenters. The van der Waals surface area contributed by atoms with E-state index in [4.69, 9.17) is 5.11 Å². The lowest BCUT2D eigenvalue weighted by atomic mass is 10.2. The van der Waals surface area contributed by atoms with Crippen LogP contribution in [0.1, 0.15) is 25.3 Å². The van der Waals surface area contributed by atoms with Crippen molar-refractivity contribution in [2.24, 2.45) is 0 Å². The highest BCUT2D eigenvalue weighted by molar-refractivity contribution is 5.46. The molecule has 1 aromatic rings. The van der Waals surface area contributed by atoms with Gasteiger partial charge < -0.3 is 10.0 Å². The molecular weight excluding hydrogens is 174 g/mol. The molecule has 0 aliphatic heterocycles. The predicted octanol–water partition coefficient (Wildman–Crippen LogP) is 2.42. The highest BCUT2D eigenvalue weighted by Crippen LogP contribution is 2.14. The number of hydrogen-bond donors (Lipinski definition) is 1. The maximum atomic E-state index is 8.89. The van der Waals surface area contributed by atoms with Gasteiger partial charge in [-0.05, 0) is 24.1 Å². The molecule has 0 aliphatic rings. The van der Waals surface area contributed by atoms with Gasteiger partial charge >= 0.3 is 0 Å². The second-order valence-electron chi connectivity index (χ2n) is 3.60. The summed E-state index contributed by atoms with van der Waals surface area (Å²) in [5.41, 5.74) is 2.19. The van der Waals surface area contributed by atoms with Crippen LogP contribution in [0.5, 0.6) is 0 Å². The van der Waals surface area contributed by atoms with Crippen LogP contribution in [0.15, 0.2) is 24.3 Å². The summed E-state index contributed by atoms with van der Waals surface area (Å²) < 4.78 is 0. The molecule has 0 aromatic heterocycles. The fraction of sp³-hybridized carbons (Fsp3) is 0.500. The fourth-order valence-corrected chi connectivity index (χ4v) is 1.38. The lowest BCUT2D eigenvalue weighted by Crippen LogP contribution is -2.18. The van der Waals surface area contributed by atoms with Gasteiger partial charge in [-0.1, -0.05) is 25.5 Å². The normalized spacial score (nSPS) is 10.2. The zero-order valence-electron chi connectivity index (χ0n) is 9.03. The van der Waals surface area contributed by atoms with Crippen LogP contribution in [-0.4, -0.2) is 18.7 Å². The Bertz CT molecular complexity index is 256. The van der Waals surface area contributed by atoms with Crippen molar-refractivity contribution in [3.63, 3.8) is 0 Å². The average Bonchev–Trinajstić information content (AvgIpc) is 2.26. The van der Waals surface area contributed by atoms with Crippen LogP contribution in [0, 0.1) is 0 Å². The number of aliphatic hydroxyl groups is 1. The summed E-state index contributed by atoms with van der Waals surface area (Å²) in [5, 5.41) is 8.89. The molecule has 2 heteroatoms. The molecule has 1 rings (SSSR count). The molecule has 78 valence electrons. The van der Waals surface area contributed by atoms with Gasteiger partial charge in [0.2, 0.25) is 0 Å². The summed E-state index contributed by atoms with van der Waals surface area (Å²) in [6.07, 6.45) is 2.44. The molecule has 0 radical (unpaired) electrons. The van der Waals surface area contributed by atoms with Gasteiger partial charge in [-0.3, -0.25) is 0 Å². The third kappa shape index (κ3) is 3.04. The van der Waals surface area contributed by atoms with Crippen molar-refractivity contribution in [1.82, 2.24) is 0 Å². The van der Waals surface area contributed by atoms with Crippen molar-refractivity contribution in [1.29, 1.82) is 0 Å². The molecular formula is C12H19NO. The van der Waals surface area contributed by atoms with Crippen molar-refractivity contribution >= 4 is 5.69 Å². The number of unbranched alkanes of at least 4 members (excludes halogenated alkanes) is 1. The highest BCUT2D eigenvalue weighted by atomic mass is 16.3. The third-order valence-electron chi connectivity index (χ3n) is 2.41. The van der Waals surface area contributed by atoms with E-state index in [1.54, 1.807) is 0 Å². The molecule has 14 heavy (non-hydrogen) atoms. The third-order valence-corrected chi connectivity index (χ3v) is 2.41. The highest BCUT2D eigenvalue weighted by Gasteiger charge is 1.99. The van der Waals surface area contributed by atoms with Crippen LogP contribution in [0.25, 0.3) is 0 Å². The molecule has 0 spiro atoms. The molecule has 0 fully saturated rings. The molecule has 0 saturated heterocycles. The monoisotopic (exact) mass is 193 g/mol. The molecule has 1 N–H and O–H groups in total. The van der Waals surface area contributed by atoms with Crippen molar-refractivity contribution in [3.05, 3.63) is 29.8 Å². The minimum atomic E-state index is 0.124. The molecule has 2 nitrogen and oxygen atoms in total.